The Morgan fingerprint density at radius 1 is 0.640 bits per heavy atom. The first kappa shape index (κ1) is 19.7. The van der Waals surface area contributed by atoms with Gasteiger partial charge in [0.05, 0.1) is 9.79 Å². The van der Waals surface area contributed by atoms with Crippen LogP contribution in [0.4, 0.5) is 0 Å². The van der Waals surface area contributed by atoms with Crippen LogP contribution >= 0.6 is 11.8 Å². The molecule has 3 heteroatoms. The molecule has 0 aliphatic rings. The van der Waals surface area contributed by atoms with Gasteiger partial charge in [0.1, 0.15) is 11.5 Å². The molecule has 0 saturated carbocycles. The maximum Gasteiger partial charge on any atom is 0.129 e. The van der Waals surface area contributed by atoms with E-state index in [0.717, 1.165) is 32.0 Å². The molecule has 0 saturated heterocycles. The lowest BCUT2D eigenvalue weighted by molar-refractivity contribution is 0.449. The highest BCUT2D eigenvalue weighted by molar-refractivity contribution is 7.99. The summed E-state index contributed by atoms with van der Waals surface area (Å²) in [5.41, 5.74) is 4.34. The van der Waals surface area contributed by atoms with Crippen molar-refractivity contribution in [3.8, 4) is 11.5 Å². The molecule has 0 unspecified atom stereocenters. The fourth-order valence-corrected chi connectivity index (χ4v) is 5.20. The summed E-state index contributed by atoms with van der Waals surface area (Å²) in [6, 6.07) is 7.41. The Morgan fingerprint density at radius 3 is 1.24 bits per heavy atom. The molecule has 2 N–H and O–H groups in total. The SMILES string of the molecule is Cc1ccc(O)c(Sc2c(O)ccc(C)c2C(C)(C)C)c1C(C)(C)C. The highest BCUT2D eigenvalue weighted by Gasteiger charge is 2.28. The van der Waals surface area contributed by atoms with Gasteiger partial charge in [-0.05, 0) is 59.1 Å². The molecule has 0 atom stereocenters. The Labute approximate surface area is 156 Å². The summed E-state index contributed by atoms with van der Waals surface area (Å²) in [5, 5.41) is 21.2. The number of hydrogen-bond acceptors (Lipinski definition) is 3. The molecule has 0 aliphatic heterocycles. The molecule has 136 valence electrons. The lowest BCUT2D eigenvalue weighted by Gasteiger charge is -2.29. The number of rotatable bonds is 2. The topological polar surface area (TPSA) is 40.5 Å². The van der Waals surface area contributed by atoms with Gasteiger partial charge in [0.2, 0.25) is 0 Å². The Hall–Kier alpha value is -1.61. The predicted molar refractivity (Wildman–Crippen MR) is 107 cm³/mol. The number of phenols is 2. The van der Waals surface area contributed by atoms with E-state index in [2.05, 4.69) is 55.4 Å². The first-order valence-corrected chi connectivity index (χ1v) is 9.49. The Morgan fingerprint density at radius 2 is 0.960 bits per heavy atom. The monoisotopic (exact) mass is 358 g/mol. The highest BCUT2D eigenvalue weighted by atomic mass is 32.2. The molecule has 0 fully saturated rings. The van der Waals surface area contributed by atoms with E-state index in [9.17, 15) is 10.2 Å². The number of phenolic OH excluding ortho intramolecular Hbond substituents is 2. The van der Waals surface area contributed by atoms with Crippen LogP contribution in [0.5, 0.6) is 11.5 Å². The largest absolute Gasteiger partial charge is 0.507 e. The summed E-state index contributed by atoms with van der Waals surface area (Å²) in [6.07, 6.45) is 0. The van der Waals surface area contributed by atoms with Crippen LogP contribution in [-0.4, -0.2) is 10.2 Å². The van der Waals surface area contributed by atoms with Crippen LogP contribution in [0.2, 0.25) is 0 Å². The second-order valence-electron chi connectivity index (χ2n) is 8.81. The van der Waals surface area contributed by atoms with Gasteiger partial charge >= 0.3 is 0 Å². The maximum absolute atomic E-state index is 10.6. The first-order chi connectivity index (χ1) is 11.3. The third kappa shape index (κ3) is 3.98. The van der Waals surface area contributed by atoms with Crippen molar-refractivity contribution in [2.45, 2.75) is 76.0 Å². The molecule has 0 radical (unpaired) electrons. The van der Waals surface area contributed by atoms with Crippen LogP contribution in [0.3, 0.4) is 0 Å². The quantitative estimate of drug-likeness (QED) is 0.647. The Kier molecular flexibility index (Phi) is 5.21. The average Bonchev–Trinajstić information content (AvgIpc) is 2.43. The van der Waals surface area contributed by atoms with Gasteiger partial charge < -0.3 is 10.2 Å². The van der Waals surface area contributed by atoms with E-state index in [1.807, 2.05) is 12.1 Å². The van der Waals surface area contributed by atoms with E-state index >= 15 is 0 Å². The van der Waals surface area contributed by atoms with Crippen molar-refractivity contribution in [2.75, 3.05) is 0 Å². The zero-order valence-electron chi connectivity index (χ0n) is 16.6. The molecule has 0 aliphatic carbocycles. The second kappa shape index (κ2) is 6.60. The minimum Gasteiger partial charge on any atom is -0.507 e. The summed E-state index contributed by atoms with van der Waals surface area (Å²) < 4.78 is 0. The van der Waals surface area contributed by atoms with E-state index < -0.39 is 0 Å². The van der Waals surface area contributed by atoms with Gasteiger partial charge in [-0.3, -0.25) is 0 Å². The average molecular weight is 359 g/mol. The normalized spacial score (nSPS) is 12.5. The van der Waals surface area contributed by atoms with Crippen molar-refractivity contribution in [2.24, 2.45) is 0 Å². The van der Waals surface area contributed by atoms with Gasteiger partial charge in [0.15, 0.2) is 0 Å². The van der Waals surface area contributed by atoms with Crippen molar-refractivity contribution in [1.29, 1.82) is 0 Å². The van der Waals surface area contributed by atoms with Crippen molar-refractivity contribution in [3.63, 3.8) is 0 Å². The summed E-state index contributed by atoms with van der Waals surface area (Å²) >= 11 is 1.48. The van der Waals surface area contributed by atoms with Gasteiger partial charge in [-0.25, -0.2) is 0 Å². The van der Waals surface area contributed by atoms with Crippen molar-refractivity contribution >= 4 is 11.8 Å². The van der Waals surface area contributed by atoms with Crippen molar-refractivity contribution in [1.82, 2.24) is 0 Å². The first-order valence-electron chi connectivity index (χ1n) is 8.68. The molecular weight excluding hydrogens is 328 g/mol. The number of aromatic hydroxyl groups is 2. The van der Waals surface area contributed by atoms with E-state index in [1.54, 1.807) is 12.1 Å². The fraction of sp³-hybridized carbons (Fsp3) is 0.455. The molecule has 0 bridgehead atoms. The predicted octanol–water partition coefficient (Wildman–Crippen LogP) is 6.46. The molecule has 0 heterocycles. The summed E-state index contributed by atoms with van der Waals surface area (Å²) in [4.78, 5) is 1.66. The zero-order valence-corrected chi connectivity index (χ0v) is 17.4. The van der Waals surface area contributed by atoms with Crippen LogP contribution in [0, 0.1) is 13.8 Å². The number of benzene rings is 2. The van der Waals surface area contributed by atoms with E-state index in [1.165, 1.54) is 11.8 Å². The molecule has 2 aromatic carbocycles. The van der Waals surface area contributed by atoms with Gasteiger partial charge in [-0.2, -0.15) is 0 Å². The Bertz CT molecular complexity index is 726. The van der Waals surface area contributed by atoms with E-state index in [0.29, 0.717) is 0 Å². The maximum atomic E-state index is 10.6. The van der Waals surface area contributed by atoms with Crippen molar-refractivity contribution in [3.05, 3.63) is 46.5 Å². The third-order valence-electron chi connectivity index (χ3n) is 4.39. The minimum absolute atomic E-state index is 0.105. The zero-order chi connectivity index (χ0) is 19.2. The van der Waals surface area contributed by atoms with Crippen LogP contribution < -0.4 is 0 Å². The van der Waals surface area contributed by atoms with Crippen LogP contribution in [0.15, 0.2) is 34.1 Å². The third-order valence-corrected chi connectivity index (χ3v) is 5.63. The number of hydrogen-bond donors (Lipinski definition) is 2. The molecule has 0 spiro atoms. The molecule has 2 rings (SSSR count). The number of aryl methyl sites for hydroxylation is 2. The molecule has 0 amide bonds. The van der Waals surface area contributed by atoms with Crippen molar-refractivity contribution < 1.29 is 10.2 Å². The Balaban J connectivity index is 2.75. The minimum atomic E-state index is -0.105. The summed E-state index contributed by atoms with van der Waals surface area (Å²) in [7, 11) is 0. The van der Waals surface area contributed by atoms with E-state index in [4.69, 9.17) is 0 Å². The molecule has 2 nitrogen and oxygen atoms in total. The molecule has 0 aromatic heterocycles. The highest BCUT2D eigenvalue weighted by Crippen LogP contribution is 2.49. The summed E-state index contributed by atoms with van der Waals surface area (Å²) in [5.74, 6) is 0.530. The van der Waals surface area contributed by atoms with E-state index in [-0.39, 0.29) is 22.3 Å². The fourth-order valence-electron chi connectivity index (χ4n) is 3.51. The van der Waals surface area contributed by atoms with Gasteiger partial charge in [0, 0.05) is 0 Å². The smallest absolute Gasteiger partial charge is 0.129 e. The van der Waals surface area contributed by atoms with Gasteiger partial charge in [-0.1, -0.05) is 65.4 Å². The standard InChI is InChI=1S/C22H30O2S/c1-13-9-11-15(23)19(17(13)21(3,4)5)25-20-16(24)12-10-14(2)18(20)22(6,7)8/h9-12,23-24H,1-8H3. The van der Waals surface area contributed by atoms with Crippen LogP contribution in [0.1, 0.15) is 63.8 Å². The van der Waals surface area contributed by atoms with Gasteiger partial charge in [0.25, 0.3) is 0 Å². The van der Waals surface area contributed by atoms with Crippen LogP contribution in [-0.2, 0) is 10.8 Å². The lowest BCUT2D eigenvalue weighted by atomic mass is 9.83. The molecule has 2 aromatic rings. The summed E-state index contributed by atoms with van der Waals surface area (Å²) in [6.45, 7) is 17.1. The second-order valence-corrected chi connectivity index (χ2v) is 9.83. The van der Waals surface area contributed by atoms with Crippen LogP contribution in [0.25, 0.3) is 0 Å². The lowest BCUT2D eigenvalue weighted by Crippen LogP contribution is -2.16. The van der Waals surface area contributed by atoms with Gasteiger partial charge in [-0.15, -0.1) is 0 Å². The molecule has 25 heavy (non-hydrogen) atoms. The molecular formula is C22H30O2S.